The molecule has 0 aliphatic heterocycles. The smallest absolute Gasteiger partial charge is 0.0701 e. The van der Waals surface area contributed by atoms with Crippen molar-refractivity contribution in [1.82, 2.24) is 0 Å². The average molecular weight is 976 g/mol. The fourth-order valence-electron chi connectivity index (χ4n) is 10.9. The van der Waals surface area contributed by atoms with Gasteiger partial charge in [0.1, 0.15) is 0 Å². The molecule has 0 atom stereocenters. The first kappa shape index (κ1) is 68.9. The molecule has 0 unspecified atom stereocenters. The van der Waals surface area contributed by atoms with Crippen LogP contribution in [0.25, 0.3) is 0 Å². The second-order valence-corrected chi connectivity index (χ2v) is 22.8. The van der Waals surface area contributed by atoms with Crippen LogP contribution >= 0.6 is 0 Å². The van der Waals surface area contributed by atoms with Gasteiger partial charge in [0.2, 0.25) is 0 Å². The first-order valence-electron chi connectivity index (χ1n) is 33.2. The highest BCUT2D eigenvalue weighted by atomic mass is 16.5. The SMILES string of the molecule is CCCCCCCCCCCCCCCCCCCCCCCCCCCCCCCCCCCCCCCCCCCCCCCCCCCCCCCCCCCCCCOCCOCCO. The van der Waals surface area contributed by atoms with Gasteiger partial charge in [0, 0.05) is 6.61 Å². The highest BCUT2D eigenvalue weighted by Crippen LogP contribution is 2.20. The van der Waals surface area contributed by atoms with Crippen LogP contribution in [0.4, 0.5) is 0 Å². The molecule has 69 heavy (non-hydrogen) atoms. The highest BCUT2D eigenvalue weighted by molar-refractivity contribution is 4.56. The van der Waals surface area contributed by atoms with Crippen molar-refractivity contribution < 1.29 is 14.6 Å². The van der Waals surface area contributed by atoms with Gasteiger partial charge in [-0.05, 0) is 6.42 Å². The van der Waals surface area contributed by atoms with Crippen LogP contribution in [0.2, 0.25) is 0 Å². The highest BCUT2D eigenvalue weighted by Gasteiger charge is 2.01. The number of hydrogen-bond donors (Lipinski definition) is 1. The van der Waals surface area contributed by atoms with Gasteiger partial charge in [0.25, 0.3) is 0 Å². The third kappa shape index (κ3) is 67.9. The van der Waals surface area contributed by atoms with E-state index in [0.29, 0.717) is 19.8 Å². The van der Waals surface area contributed by atoms with Gasteiger partial charge >= 0.3 is 0 Å². The van der Waals surface area contributed by atoms with Gasteiger partial charge in [-0.3, -0.25) is 0 Å². The van der Waals surface area contributed by atoms with E-state index in [-0.39, 0.29) is 6.61 Å². The van der Waals surface area contributed by atoms with E-state index >= 15 is 0 Å². The zero-order valence-electron chi connectivity index (χ0n) is 48.2. The maximum absolute atomic E-state index is 8.67. The third-order valence-corrected chi connectivity index (χ3v) is 15.7. The van der Waals surface area contributed by atoms with E-state index in [4.69, 9.17) is 14.6 Å². The number of aliphatic hydroxyl groups is 1. The molecule has 0 rings (SSSR count). The van der Waals surface area contributed by atoms with Gasteiger partial charge in [-0.25, -0.2) is 0 Å². The maximum atomic E-state index is 8.67. The summed E-state index contributed by atoms with van der Waals surface area (Å²) in [7, 11) is 0. The summed E-state index contributed by atoms with van der Waals surface area (Å²) in [5, 5.41) is 8.67. The fourth-order valence-corrected chi connectivity index (χ4v) is 10.9. The Labute approximate surface area is 437 Å². The van der Waals surface area contributed by atoms with Crippen molar-refractivity contribution in [2.75, 3.05) is 33.0 Å². The Balaban J connectivity index is 3.07. The standard InChI is InChI=1S/C66H134O3/c1-2-3-4-5-6-7-8-9-10-11-12-13-14-15-16-17-18-19-20-21-22-23-24-25-26-27-28-29-30-31-32-33-34-35-36-37-38-39-40-41-42-43-44-45-46-47-48-49-50-51-52-53-54-55-56-57-58-59-60-61-63-68-65-66-69-64-62-67/h67H,2-66H2,1H3. The van der Waals surface area contributed by atoms with Gasteiger partial charge in [0.15, 0.2) is 0 Å². The first-order chi connectivity index (χ1) is 34.4. The van der Waals surface area contributed by atoms with E-state index in [1.165, 1.54) is 385 Å². The van der Waals surface area contributed by atoms with Crippen molar-refractivity contribution >= 4 is 0 Å². The molecule has 0 spiro atoms. The van der Waals surface area contributed by atoms with Crippen LogP contribution in [0.1, 0.15) is 392 Å². The Kier molecular flexibility index (Phi) is 67.8. The summed E-state index contributed by atoms with van der Waals surface area (Å²) in [6.45, 7) is 4.93. The summed E-state index contributed by atoms with van der Waals surface area (Å²) in [5.74, 6) is 0. The summed E-state index contributed by atoms with van der Waals surface area (Å²) in [6, 6.07) is 0. The van der Waals surface area contributed by atoms with Crippen molar-refractivity contribution in [3.05, 3.63) is 0 Å². The van der Waals surface area contributed by atoms with Gasteiger partial charge < -0.3 is 14.6 Å². The Morgan fingerprint density at radius 1 is 0.159 bits per heavy atom. The van der Waals surface area contributed by atoms with Gasteiger partial charge in [-0.2, -0.15) is 0 Å². The molecule has 0 aromatic carbocycles. The number of rotatable bonds is 66. The van der Waals surface area contributed by atoms with E-state index in [1.54, 1.807) is 0 Å². The van der Waals surface area contributed by atoms with Gasteiger partial charge in [0.05, 0.1) is 26.4 Å². The third-order valence-electron chi connectivity index (χ3n) is 15.7. The lowest BCUT2D eigenvalue weighted by Gasteiger charge is -2.05. The summed E-state index contributed by atoms with van der Waals surface area (Å²) < 4.78 is 10.8. The zero-order chi connectivity index (χ0) is 49.4. The van der Waals surface area contributed by atoms with E-state index in [9.17, 15) is 0 Å². The Hall–Kier alpha value is -0.120. The van der Waals surface area contributed by atoms with Crippen LogP contribution in [0.15, 0.2) is 0 Å². The Bertz CT molecular complexity index is 765. The maximum Gasteiger partial charge on any atom is 0.0701 e. The molecular formula is C66H134O3. The van der Waals surface area contributed by atoms with Gasteiger partial charge in [-0.1, -0.05) is 386 Å². The molecular weight excluding hydrogens is 841 g/mol. The summed E-state index contributed by atoms with van der Waals surface area (Å²) in [6.07, 6.45) is 88.1. The molecule has 0 radical (unpaired) electrons. The number of ether oxygens (including phenoxy) is 2. The predicted molar refractivity (Wildman–Crippen MR) is 311 cm³/mol. The lowest BCUT2D eigenvalue weighted by Crippen LogP contribution is -2.07. The minimum Gasteiger partial charge on any atom is -0.394 e. The van der Waals surface area contributed by atoms with Crippen molar-refractivity contribution in [2.45, 2.75) is 392 Å². The second kappa shape index (κ2) is 67.9. The van der Waals surface area contributed by atoms with Crippen LogP contribution in [0.3, 0.4) is 0 Å². The molecule has 0 aliphatic carbocycles. The molecule has 3 nitrogen and oxygen atoms in total. The average Bonchev–Trinajstić information content (AvgIpc) is 3.36. The van der Waals surface area contributed by atoms with Crippen molar-refractivity contribution in [1.29, 1.82) is 0 Å². The zero-order valence-corrected chi connectivity index (χ0v) is 48.2. The molecule has 0 aliphatic rings. The summed E-state index contributed by atoms with van der Waals surface area (Å²) >= 11 is 0. The quantitative estimate of drug-likeness (QED) is 0.0617. The fraction of sp³-hybridized carbons (Fsp3) is 1.00. The van der Waals surface area contributed by atoms with Crippen molar-refractivity contribution in [3.63, 3.8) is 0 Å². The molecule has 1 N–H and O–H groups in total. The molecule has 3 heteroatoms. The number of aliphatic hydroxyl groups excluding tert-OH is 1. The predicted octanol–water partition coefficient (Wildman–Crippen LogP) is 23.4. The van der Waals surface area contributed by atoms with E-state index in [2.05, 4.69) is 6.92 Å². The molecule has 0 saturated heterocycles. The molecule has 0 aromatic heterocycles. The lowest BCUT2D eigenvalue weighted by molar-refractivity contribution is 0.0321. The topological polar surface area (TPSA) is 38.7 Å². The molecule has 0 bridgehead atoms. The van der Waals surface area contributed by atoms with E-state index in [1.807, 2.05) is 0 Å². The molecule has 0 amide bonds. The lowest BCUT2D eigenvalue weighted by atomic mass is 10.0. The monoisotopic (exact) mass is 975 g/mol. The van der Waals surface area contributed by atoms with Crippen LogP contribution in [-0.2, 0) is 9.47 Å². The molecule has 416 valence electrons. The molecule has 0 fully saturated rings. The van der Waals surface area contributed by atoms with Crippen LogP contribution in [-0.4, -0.2) is 38.1 Å². The Morgan fingerprint density at radius 3 is 0.435 bits per heavy atom. The second-order valence-electron chi connectivity index (χ2n) is 22.8. The minimum absolute atomic E-state index is 0.0971. The first-order valence-corrected chi connectivity index (χ1v) is 33.2. The minimum atomic E-state index is 0.0971. The summed E-state index contributed by atoms with van der Waals surface area (Å²) in [4.78, 5) is 0. The normalized spacial score (nSPS) is 11.7. The number of hydrogen-bond acceptors (Lipinski definition) is 3. The van der Waals surface area contributed by atoms with Gasteiger partial charge in [-0.15, -0.1) is 0 Å². The van der Waals surface area contributed by atoms with E-state index in [0.717, 1.165) is 6.61 Å². The van der Waals surface area contributed by atoms with Crippen molar-refractivity contribution in [2.24, 2.45) is 0 Å². The largest absolute Gasteiger partial charge is 0.394 e. The number of unbranched alkanes of at least 4 members (excludes halogenated alkanes) is 59. The van der Waals surface area contributed by atoms with Crippen LogP contribution < -0.4 is 0 Å². The Morgan fingerprint density at radius 2 is 0.290 bits per heavy atom. The van der Waals surface area contributed by atoms with Crippen molar-refractivity contribution in [3.8, 4) is 0 Å². The van der Waals surface area contributed by atoms with E-state index < -0.39 is 0 Å². The molecule has 0 heterocycles. The van der Waals surface area contributed by atoms with Crippen LogP contribution in [0, 0.1) is 0 Å². The summed E-state index contributed by atoms with van der Waals surface area (Å²) in [5.41, 5.74) is 0. The molecule has 0 aromatic rings. The van der Waals surface area contributed by atoms with Crippen LogP contribution in [0.5, 0.6) is 0 Å². The molecule has 0 saturated carbocycles.